The molecule has 0 saturated carbocycles. The third-order valence-electron chi connectivity index (χ3n) is 2.77. The van der Waals surface area contributed by atoms with Crippen LogP contribution in [0.3, 0.4) is 0 Å². The van der Waals surface area contributed by atoms with E-state index >= 15 is 0 Å². The summed E-state index contributed by atoms with van der Waals surface area (Å²) in [5.41, 5.74) is 5.72. The van der Waals surface area contributed by atoms with Crippen molar-refractivity contribution in [2.24, 2.45) is 0 Å². The Morgan fingerprint density at radius 3 is 2.60 bits per heavy atom. The number of carbonyl (C=O) groups is 1. The summed E-state index contributed by atoms with van der Waals surface area (Å²) in [5, 5.41) is 2.39. The van der Waals surface area contributed by atoms with Crippen molar-refractivity contribution in [2.45, 2.75) is 6.92 Å². The monoisotopic (exact) mass is 296 g/mol. The minimum absolute atomic E-state index is 0.0227. The average molecular weight is 297 g/mol. The fourth-order valence-corrected chi connectivity index (χ4v) is 1.97. The lowest BCUT2D eigenvalue weighted by Crippen LogP contribution is -2.16. The molecule has 0 aliphatic rings. The van der Waals surface area contributed by atoms with Gasteiger partial charge >= 0.3 is 0 Å². The van der Waals surface area contributed by atoms with Crippen molar-refractivity contribution in [2.75, 3.05) is 11.1 Å². The summed E-state index contributed by atoms with van der Waals surface area (Å²) in [6, 6.07) is 6.48. The molecule has 1 amide bonds. The van der Waals surface area contributed by atoms with E-state index in [1.54, 1.807) is 6.07 Å². The molecule has 3 nitrogen and oxygen atoms in total. The summed E-state index contributed by atoms with van der Waals surface area (Å²) in [6.45, 7) is 1.43. The summed E-state index contributed by atoms with van der Waals surface area (Å²) in [4.78, 5) is 12.0. The van der Waals surface area contributed by atoms with E-state index < -0.39 is 17.5 Å². The maximum absolute atomic E-state index is 13.7. The van der Waals surface area contributed by atoms with E-state index in [9.17, 15) is 13.6 Å². The van der Waals surface area contributed by atoms with Gasteiger partial charge in [-0.3, -0.25) is 4.79 Å². The first-order valence-corrected chi connectivity index (χ1v) is 6.09. The first kappa shape index (κ1) is 14.3. The lowest BCUT2D eigenvalue weighted by Gasteiger charge is -2.10. The van der Waals surface area contributed by atoms with Crippen LogP contribution < -0.4 is 11.1 Å². The summed E-state index contributed by atoms with van der Waals surface area (Å²) in [7, 11) is 0. The molecule has 0 fully saturated rings. The van der Waals surface area contributed by atoms with Gasteiger partial charge < -0.3 is 11.1 Å². The van der Waals surface area contributed by atoms with E-state index in [1.165, 1.54) is 19.1 Å². The molecule has 0 aromatic heterocycles. The van der Waals surface area contributed by atoms with Crippen molar-refractivity contribution in [3.63, 3.8) is 0 Å². The molecule has 0 unspecified atom stereocenters. The molecule has 20 heavy (non-hydrogen) atoms. The quantitative estimate of drug-likeness (QED) is 0.829. The van der Waals surface area contributed by atoms with Crippen molar-refractivity contribution in [1.82, 2.24) is 0 Å². The van der Waals surface area contributed by atoms with Gasteiger partial charge in [-0.05, 0) is 30.7 Å². The molecule has 0 atom stereocenters. The third-order valence-corrected chi connectivity index (χ3v) is 3.08. The number of anilines is 2. The lowest BCUT2D eigenvalue weighted by molar-refractivity contribution is 0.102. The SMILES string of the molecule is Cc1cc(F)c(NC(=O)c2c(N)cccc2Cl)cc1F. The van der Waals surface area contributed by atoms with Gasteiger partial charge in [-0.25, -0.2) is 8.78 Å². The minimum atomic E-state index is -0.733. The van der Waals surface area contributed by atoms with Crippen molar-refractivity contribution < 1.29 is 13.6 Å². The Morgan fingerprint density at radius 2 is 1.95 bits per heavy atom. The maximum atomic E-state index is 13.7. The maximum Gasteiger partial charge on any atom is 0.259 e. The Balaban J connectivity index is 2.35. The number of benzene rings is 2. The van der Waals surface area contributed by atoms with E-state index in [2.05, 4.69) is 5.32 Å². The van der Waals surface area contributed by atoms with Gasteiger partial charge in [0.05, 0.1) is 16.3 Å². The van der Waals surface area contributed by atoms with Crippen molar-refractivity contribution in [1.29, 1.82) is 0 Å². The Hall–Kier alpha value is -2.14. The van der Waals surface area contributed by atoms with Gasteiger partial charge in [-0.1, -0.05) is 17.7 Å². The molecule has 0 aliphatic carbocycles. The Bertz CT molecular complexity index is 669. The first-order valence-electron chi connectivity index (χ1n) is 5.71. The number of hydrogen-bond donors (Lipinski definition) is 2. The van der Waals surface area contributed by atoms with Gasteiger partial charge in [0, 0.05) is 11.8 Å². The molecule has 2 aromatic carbocycles. The van der Waals surface area contributed by atoms with E-state index in [4.69, 9.17) is 17.3 Å². The zero-order chi connectivity index (χ0) is 14.9. The molecule has 3 N–H and O–H groups in total. The number of halogens is 3. The number of nitrogens with two attached hydrogens (primary N) is 1. The largest absolute Gasteiger partial charge is 0.398 e. The molecule has 0 spiro atoms. The molecule has 2 rings (SSSR count). The number of hydrogen-bond acceptors (Lipinski definition) is 2. The molecule has 6 heteroatoms. The number of rotatable bonds is 2. The van der Waals surface area contributed by atoms with Crippen LogP contribution in [-0.4, -0.2) is 5.91 Å². The highest BCUT2D eigenvalue weighted by Gasteiger charge is 2.16. The summed E-state index contributed by atoms with van der Waals surface area (Å²) in [6.07, 6.45) is 0. The highest BCUT2D eigenvalue weighted by Crippen LogP contribution is 2.25. The van der Waals surface area contributed by atoms with E-state index in [-0.39, 0.29) is 27.5 Å². The first-order chi connectivity index (χ1) is 9.40. The fourth-order valence-electron chi connectivity index (χ4n) is 1.71. The van der Waals surface area contributed by atoms with Crippen LogP contribution in [0.2, 0.25) is 5.02 Å². The number of nitrogens with one attached hydrogen (secondary N) is 1. The molecular formula is C14H11ClF2N2O. The van der Waals surface area contributed by atoms with E-state index in [0.717, 1.165) is 12.1 Å². The molecule has 0 aliphatic heterocycles. The zero-order valence-electron chi connectivity index (χ0n) is 10.5. The molecule has 0 bridgehead atoms. The van der Waals surface area contributed by atoms with Crippen LogP contribution in [0.25, 0.3) is 0 Å². The highest BCUT2D eigenvalue weighted by atomic mass is 35.5. The zero-order valence-corrected chi connectivity index (χ0v) is 11.3. The van der Waals surface area contributed by atoms with Gasteiger partial charge in [0.15, 0.2) is 0 Å². The van der Waals surface area contributed by atoms with Crippen molar-refractivity contribution in [3.8, 4) is 0 Å². The number of amides is 1. The van der Waals surface area contributed by atoms with Crippen molar-refractivity contribution >= 4 is 28.9 Å². The van der Waals surface area contributed by atoms with Gasteiger partial charge in [-0.2, -0.15) is 0 Å². The lowest BCUT2D eigenvalue weighted by atomic mass is 10.1. The Labute approximate surface area is 119 Å². The highest BCUT2D eigenvalue weighted by molar-refractivity contribution is 6.35. The third kappa shape index (κ3) is 2.72. The van der Waals surface area contributed by atoms with Crippen LogP contribution >= 0.6 is 11.6 Å². The summed E-state index contributed by atoms with van der Waals surface area (Å²) >= 11 is 5.88. The van der Waals surface area contributed by atoms with Gasteiger partial charge in [0.1, 0.15) is 11.6 Å². The van der Waals surface area contributed by atoms with Crippen LogP contribution in [0.1, 0.15) is 15.9 Å². The minimum Gasteiger partial charge on any atom is -0.398 e. The Morgan fingerprint density at radius 1 is 1.25 bits per heavy atom. The number of carbonyl (C=O) groups excluding carboxylic acids is 1. The smallest absolute Gasteiger partial charge is 0.259 e. The van der Waals surface area contributed by atoms with E-state index in [1.807, 2.05) is 0 Å². The predicted molar refractivity (Wildman–Crippen MR) is 74.9 cm³/mol. The number of aryl methyl sites for hydroxylation is 1. The summed E-state index contributed by atoms with van der Waals surface area (Å²) in [5.74, 6) is -2.05. The second-order valence-corrected chi connectivity index (χ2v) is 4.65. The van der Waals surface area contributed by atoms with Crippen LogP contribution in [0, 0.1) is 18.6 Å². The van der Waals surface area contributed by atoms with Gasteiger partial charge in [0.2, 0.25) is 0 Å². The van der Waals surface area contributed by atoms with Gasteiger partial charge in [0.25, 0.3) is 5.91 Å². The fraction of sp³-hybridized carbons (Fsp3) is 0.0714. The van der Waals surface area contributed by atoms with Crippen LogP contribution in [0.15, 0.2) is 30.3 Å². The molecule has 0 heterocycles. The second kappa shape index (κ2) is 5.46. The van der Waals surface area contributed by atoms with Crippen molar-refractivity contribution in [3.05, 3.63) is 58.1 Å². The van der Waals surface area contributed by atoms with Crippen LogP contribution in [-0.2, 0) is 0 Å². The molecule has 0 radical (unpaired) electrons. The second-order valence-electron chi connectivity index (χ2n) is 4.24. The average Bonchev–Trinajstić information content (AvgIpc) is 2.35. The van der Waals surface area contributed by atoms with Crippen LogP contribution in [0.5, 0.6) is 0 Å². The molecule has 104 valence electrons. The molecule has 2 aromatic rings. The standard InChI is InChI=1S/C14H11ClF2N2O/c1-7-5-10(17)12(6-9(7)16)19-14(20)13-8(15)3-2-4-11(13)18/h2-6H,18H2,1H3,(H,19,20). The Kier molecular flexibility index (Phi) is 3.90. The number of nitrogen functional groups attached to an aromatic ring is 1. The molecule has 0 saturated heterocycles. The van der Waals surface area contributed by atoms with E-state index in [0.29, 0.717) is 0 Å². The predicted octanol–water partition coefficient (Wildman–Crippen LogP) is 3.76. The van der Waals surface area contributed by atoms with Gasteiger partial charge in [-0.15, -0.1) is 0 Å². The topological polar surface area (TPSA) is 55.1 Å². The summed E-state index contributed by atoms with van der Waals surface area (Å²) < 4.78 is 27.1. The normalized spacial score (nSPS) is 10.4. The van der Waals surface area contributed by atoms with Crippen LogP contribution in [0.4, 0.5) is 20.2 Å². The molecular weight excluding hydrogens is 286 g/mol.